The van der Waals surface area contributed by atoms with E-state index in [1.165, 1.54) is 4.90 Å². The lowest BCUT2D eigenvalue weighted by molar-refractivity contribution is -0.133. The van der Waals surface area contributed by atoms with E-state index in [4.69, 9.17) is 0 Å². The van der Waals surface area contributed by atoms with Crippen molar-refractivity contribution in [2.24, 2.45) is 0 Å². The van der Waals surface area contributed by atoms with Crippen molar-refractivity contribution in [2.45, 2.75) is 26.7 Å². The number of benzene rings is 1. The molecule has 0 aliphatic rings. The van der Waals surface area contributed by atoms with E-state index in [-0.39, 0.29) is 18.4 Å². The van der Waals surface area contributed by atoms with Crippen LogP contribution in [0.15, 0.2) is 35.0 Å². The van der Waals surface area contributed by atoms with Crippen LogP contribution in [0.4, 0.5) is 5.69 Å². The Kier molecular flexibility index (Phi) is 5.93. The molecular formula is C18H22N2O2S. The van der Waals surface area contributed by atoms with Gasteiger partial charge in [-0.25, -0.2) is 0 Å². The third kappa shape index (κ3) is 4.93. The molecule has 2 rings (SSSR count). The Balaban J connectivity index is 1.85. The van der Waals surface area contributed by atoms with Crippen molar-refractivity contribution in [1.29, 1.82) is 0 Å². The molecule has 0 fully saturated rings. The van der Waals surface area contributed by atoms with Gasteiger partial charge in [-0.2, -0.15) is 11.3 Å². The van der Waals surface area contributed by atoms with Gasteiger partial charge in [0.15, 0.2) is 0 Å². The van der Waals surface area contributed by atoms with E-state index in [1.807, 2.05) is 48.9 Å². The van der Waals surface area contributed by atoms with Gasteiger partial charge in [0.05, 0.1) is 6.54 Å². The summed E-state index contributed by atoms with van der Waals surface area (Å²) >= 11 is 1.63. The number of anilines is 1. The van der Waals surface area contributed by atoms with Crippen LogP contribution in [0.3, 0.4) is 0 Å². The van der Waals surface area contributed by atoms with Gasteiger partial charge in [0, 0.05) is 19.2 Å². The van der Waals surface area contributed by atoms with Gasteiger partial charge in [0.2, 0.25) is 11.8 Å². The highest BCUT2D eigenvalue weighted by Crippen LogP contribution is 2.19. The number of carbonyl (C=O) groups excluding carboxylic acids is 2. The fraction of sp³-hybridized carbons (Fsp3) is 0.333. The highest BCUT2D eigenvalue weighted by atomic mass is 32.1. The van der Waals surface area contributed by atoms with Crippen molar-refractivity contribution >= 4 is 28.8 Å². The van der Waals surface area contributed by atoms with Crippen LogP contribution in [0.25, 0.3) is 0 Å². The molecule has 0 spiro atoms. The van der Waals surface area contributed by atoms with E-state index < -0.39 is 0 Å². The summed E-state index contributed by atoms with van der Waals surface area (Å²) < 4.78 is 0. The second kappa shape index (κ2) is 7.92. The first-order valence-electron chi connectivity index (χ1n) is 7.58. The van der Waals surface area contributed by atoms with Gasteiger partial charge in [0.25, 0.3) is 0 Å². The standard InChI is InChI=1S/C18H22N2O2S/c1-13-5-4-6-14(2)18(13)19-16(21)11-20(3)17(22)8-7-15-9-10-23-12-15/h4-6,9-10,12H,7-8,11H2,1-3H3,(H,19,21). The van der Waals surface area contributed by atoms with Gasteiger partial charge in [-0.05, 0) is 53.8 Å². The van der Waals surface area contributed by atoms with Crippen molar-refractivity contribution in [3.63, 3.8) is 0 Å². The Labute approximate surface area is 141 Å². The summed E-state index contributed by atoms with van der Waals surface area (Å²) in [4.78, 5) is 25.8. The average molecular weight is 330 g/mol. The summed E-state index contributed by atoms with van der Waals surface area (Å²) in [6.07, 6.45) is 1.13. The smallest absolute Gasteiger partial charge is 0.243 e. The number of hydrogen-bond acceptors (Lipinski definition) is 3. The lowest BCUT2D eigenvalue weighted by atomic mass is 10.1. The topological polar surface area (TPSA) is 49.4 Å². The van der Waals surface area contributed by atoms with Crippen LogP contribution >= 0.6 is 11.3 Å². The molecule has 1 heterocycles. The Morgan fingerprint density at radius 3 is 2.48 bits per heavy atom. The number of hydrogen-bond donors (Lipinski definition) is 1. The largest absolute Gasteiger partial charge is 0.336 e. The summed E-state index contributed by atoms with van der Waals surface area (Å²) in [5.41, 5.74) is 4.03. The second-order valence-corrected chi connectivity index (χ2v) is 6.48. The SMILES string of the molecule is Cc1cccc(C)c1NC(=O)CN(C)C(=O)CCc1ccsc1. The Morgan fingerprint density at radius 2 is 1.87 bits per heavy atom. The summed E-state index contributed by atoms with van der Waals surface area (Å²) in [5.74, 6) is -0.193. The quantitative estimate of drug-likeness (QED) is 0.882. The molecule has 0 aliphatic heterocycles. The molecule has 0 atom stereocenters. The van der Waals surface area contributed by atoms with Gasteiger partial charge < -0.3 is 10.2 Å². The van der Waals surface area contributed by atoms with Crippen molar-refractivity contribution in [1.82, 2.24) is 4.90 Å². The fourth-order valence-corrected chi connectivity index (χ4v) is 3.07. The van der Waals surface area contributed by atoms with Gasteiger partial charge >= 0.3 is 0 Å². The zero-order valence-electron chi connectivity index (χ0n) is 13.8. The number of thiophene rings is 1. The number of nitrogens with one attached hydrogen (secondary N) is 1. The molecule has 5 heteroatoms. The van der Waals surface area contributed by atoms with E-state index in [2.05, 4.69) is 5.32 Å². The van der Waals surface area contributed by atoms with Crippen LogP contribution in [-0.4, -0.2) is 30.3 Å². The predicted molar refractivity (Wildman–Crippen MR) is 94.8 cm³/mol. The van der Waals surface area contributed by atoms with Crippen LogP contribution in [-0.2, 0) is 16.0 Å². The van der Waals surface area contributed by atoms with Crippen LogP contribution in [0.1, 0.15) is 23.1 Å². The van der Waals surface area contributed by atoms with Crippen LogP contribution in [0.5, 0.6) is 0 Å². The van der Waals surface area contributed by atoms with E-state index >= 15 is 0 Å². The first-order chi connectivity index (χ1) is 11.0. The summed E-state index contributed by atoms with van der Waals surface area (Å²) in [7, 11) is 1.67. The highest BCUT2D eigenvalue weighted by molar-refractivity contribution is 7.07. The number of likely N-dealkylation sites (N-methyl/N-ethyl adjacent to an activating group) is 1. The molecule has 2 amide bonds. The van der Waals surface area contributed by atoms with E-state index in [0.29, 0.717) is 12.8 Å². The van der Waals surface area contributed by atoms with Gasteiger partial charge in [-0.15, -0.1) is 0 Å². The number of para-hydroxylation sites is 1. The minimum atomic E-state index is -0.172. The molecule has 0 saturated carbocycles. The fourth-order valence-electron chi connectivity index (χ4n) is 2.37. The van der Waals surface area contributed by atoms with Crippen molar-refractivity contribution in [3.8, 4) is 0 Å². The van der Waals surface area contributed by atoms with E-state index in [1.54, 1.807) is 18.4 Å². The van der Waals surface area contributed by atoms with E-state index in [0.717, 1.165) is 22.4 Å². The lowest BCUT2D eigenvalue weighted by Crippen LogP contribution is -2.35. The number of amides is 2. The first-order valence-corrected chi connectivity index (χ1v) is 8.52. The zero-order valence-corrected chi connectivity index (χ0v) is 14.6. The minimum Gasteiger partial charge on any atom is -0.336 e. The van der Waals surface area contributed by atoms with Crippen molar-refractivity contribution in [2.75, 3.05) is 18.9 Å². The number of nitrogens with zero attached hydrogens (tertiary/aromatic N) is 1. The Morgan fingerprint density at radius 1 is 1.17 bits per heavy atom. The Bertz CT molecular complexity index is 660. The third-order valence-electron chi connectivity index (χ3n) is 3.76. The zero-order chi connectivity index (χ0) is 16.8. The van der Waals surface area contributed by atoms with Crippen LogP contribution in [0.2, 0.25) is 0 Å². The average Bonchev–Trinajstić information content (AvgIpc) is 3.02. The minimum absolute atomic E-state index is 0.0205. The van der Waals surface area contributed by atoms with Gasteiger partial charge in [-0.1, -0.05) is 18.2 Å². The summed E-state index contributed by atoms with van der Waals surface area (Å²) in [6.45, 7) is 3.98. The molecule has 122 valence electrons. The highest BCUT2D eigenvalue weighted by Gasteiger charge is 2.14. The third-order valence-corrected chi connectivity index (χ3v) is 4.49. The molecule has 0 aliphatic carbocycles. The van der Waals surface area contributed by atoms with Gasteiger partial charge in [0.1, 0.15) is 0 Å². The number of aryl methyl sites for hydroxylation is 3. The number of rotatable bonds is 6. The molecule has 0 bridgehead atoms. The van der Waals surface area contributed by atoms with Crippen LogP contribution < -0.4 is 5.32 Å². The molecular weight excluding hydrogens is 308 g/mol. The Hall–Kier alpha value is -2.14. The van der Waals surface area contributed by atoms with Crippen molar-refractivity contribution < 1.29 is 9.59 Å². The van der Waals surface area contributed by atoms with E-state index in [9.17, 15) is 9.59 Å². The summed E-state index contributed by atoms with van der Waals surface area (Å²) in [6, 6.07) is 7.89. The molecule has 0 radical (unpaired) electrons. The second-order valence-electron chi connectivity index (χ2n) is 5.70. The molecule has 2 aromatic rings. The molecule has 0 saturated heterocycles. The molecule has 1 aromatic carbocycles. The molecule has 1 N–H and O–H groups in total. The molecule has 1 aromatic heterocycles. The van der Waals surface area contributed by atoms with Crippen LogP contribution in [0, 0.1) is 13.8 Å². The maximum absolute atomic E-state index is 12.2. The monoisotopic (exact) mass is 330 g/mol. The summed E-state index contributed by atoms with van der Waals surface area (Å²) in [5, 5.41) is 6.95. The normalized spacial score (nSPS) is 10.4. The molecule has 0 unspecified atom stereocenters. The van der Waals surface area contributed by atoms with Crippen molar-refractivity contribution in [3.05, 3.63) is 51.7 Å². The predicted octanol–water partition coefficient (Wildman–Crippen LogP) is 3.39. The molecule has 4 nitrogen and oxygen atoms in total. The number of carbonyl (C=O) groups is 2. The lowest BCUT2D eigenvalue weighted by Gasteiger charge is -2.18. The maximum Gasteiger partial charge on any atom is 0.243 e. The maximum atomic E-state index is 12.2. The van der Waals surface area contributed by atoms with Gasteiger partial charge in [-0.3, -0.25) is 9.59 Å². The first kappa shape index (κ1) is 17.2. The molecule has 23 heavy (non-hydrogen) atoms.